The number of aromatic nitrogens is 2. The number of hydrogen-bond acceptors (Lipinski definition) is 5. The Hall–Kier alpha value is -2.68. The quantitative estimate of drug-likeness (QED) is 0.634. The molecule has 0 spiro atoms. The summed E-state index contributed by atoms with van der Waals surface area (Å²) in [6.07, 6.45) is -2.71. The van der Waals surface area contributed by atoms with Gasteiger partial charge in [-0.2, -0.15) is 0 Å². The zero-order chi connectivity index (χ0) is 20.1. The summed E-state index contributed by atoms with van der Waals surface area (Å²) in [4.78, 5) is 23.0. The Morgan fingerprint density at radius 2 is 1.93 bits per heavy atom. The number of rotatable bonds is 4. The molecule has 1 saturated carbocycles. The molecule has 0 unspecified atom stereocenters. The first-order valence-electron chi connectivity index (χ1n) is 8.66. The highest BCUT2D eigenvalue weighted by Gasteiger charge is 2.32. The first kappa shape index (κ1) is 18.7. The van der Waals surface area contributed by atoms with Crippen LogP contribution in [0.2, 0.25) is 0 Å². The topological polar surface area (TPSA) is 64.1 Å². The number of aryl methyl sites for hydroxylation is 2. The molecule has 5 nitrogen and oxygen atoms in total. The number of benzene rings is 1. The summed E-state index contributed by atoms with van der Waals surface area (Å²) in [5, 5.41) is 3.34. The van der Waals surface area contributed by atoms with Gasteiger partial charge in [-0.25, -0.2) is 9.97 Å². The van der Waals surface area contributed by atoms with Crippen LogP contribution in [0.4, 0.5) is 18.9 Å². The van der Waals surface area contributed by atoms with E-state index in [1.165, 1.54) is 29.5 Å². The summed E-state index contributed by atoms with van der Waals surface area (Å²) in [7, 11) is 0. The van der Waals surface area contributed by atoms with E-state index in [0.717, 1.165) is 40.6 Å². The number of nitrogens with zero attached hydrogens (tertiary/aromatic N) is 2. The van der Waals surface area contributed by atoms with Crippen molar-refractivity contribution in [3.05, 3.63) is 46.2 Å². The van der Waals surface area contributed by atoms with Gasteiger partial charge in [-0.3, -0.25) is 4.79 Å². The van der Waals surface area contributed by atoms with Crippen LogP contribution in [-0.4, -0.2) is 22.2 Å². The van der Waals surface area contributed by atoms with E-state index in [4.69, 9.17) is 0 Å². The van der Waals surface area contributed by atoms with Crippen molar-refractivity contribution < 1.29 is 22.7 Å². The van der Waals surface area contributed by atoms with Crippen LogP contribution >= 0.6 is 11.3 Å². The van der Waals surface area contributed by atoms with Gasteiger partial charge in [-0.1, -0.05) is 12.1 Å². The van der Waals surface area contributed by atoms with Crippen molar-refractivity contribution in [2.45, 2.75) is 39.0 Å². The Labute approximate surface area is 162 Å². The zero-order valence-electron chi connectivity index (χ0n) is 15.1. The maximum absolute atomic E-state index is 12.8. The first-order chi connectivity index (χ1) is 13.2. The van der Waals surface area contributed by atoms with E-state index in [1.807, 2.05) is 6.92 Å². The van der Waals surface area contributed by atoms with E-state index in [9.17, 15) is 18.0 Å². The number of carbonyl (C=O) groups excluding carboxylic acids is 1. The molecular formula is C19H16F3N3O2S. The summed E-state index contributed by atoms with van der Waals surface area (Å²) < 4.78 is 41.8. The lowest BCUT2D eigenvalue weighted by Gasteiger charge is -2.13. The van der Waals surface area contributed by atoms with Crippen LogP contribution in [0.15, 0.2) is 24.3 Å². The minimum Gasteiger partial charge on any atom is -0.404 e. The largest absolute Gasteiger partial charge is 0.573 e. The lowest BCUT2D eigenvalue weighted by molar-refractivity contribution is -0.274. The second-order valence-corrected chi connectivity index (χ2v) is 7.67. The predicted octanol–water partition coefficient (Wildman–Crippen LogP) is 5.34. The lowest BCUT2D eigenvalue weighted by Crippen LogP contribution is -2.19. The molecule has 9 heteroatoms. The number of fused-ring (bicyclic) bond motifs is 1. The molecule has 4 rings (SSSR count). The maximum atomic E-state index is 12.8. The monoisotopic (exact) mass is 407 g/mol. The fourth-order valence-corrected chi connectivity index (χ4v) is 4.20. The Morgan fingerprint density at radius 3 is 2.61 bits per heavy atom. The average molecular weight is 407 g/mol. The Kier molecular flexibility index (Phi) is 4.49. The van der Waals surface area contributed by atoms with E-state index >= 15 is 0 Å². The molecule has 1 N–H and O–H groups in total. The third-order valence-corrected chi connectivity index (χ3v) is 5.68. The molecule has 0 bridgehead atoms. The van der Waals surface area contributed by atoms with E-state index in [0.29, 0.717) is 16.4 Å². The van der Waals surface area contributed by atoms with E-state index in [-0.39, 0.29) is 5.69 Å². The van der Waals surface area contributed by atoms with Gasteiger partial charge < -0.3 is 10.1 Å². The number of ether oxygens (including phenoxy) is 1. The van der Waals surface area contributed by atoms with Crippen LogP contribution in [0.5, 0.6) is 5.75 Å². The average Bonchev–Trinajstić information content (AvgIpc) is 3.39. The highest BCUT2D eigenvalue weighted by atomic mass is 32.1. The minimum atomic E-state index is -4.85. The SMILES string of the molecule is Cc1nc(C2CC2)nc2sc(C(=O)Nc3ccccc3OC(F)(F)F)c(C)c12. The van der Waals surface area contributed by atoms with Crippen molar-refractivity contribution in [3.63, 3.8) is 0 Å². The van der Waals surface area contributed by atoms with Crippen molar-refractivity contribution in [2.75, 3.05) is 5.32 Å². The van der Waals surface area contributed by atoms with E-state index in [1.54, 1.807) is 6.92 Å². The zero-order valence-corrected chi connectivity index (χ0v) is 15.9. The summed E-state index contributed by atoms with van der Waals surface area (Å²) >= 11 is 1.22. The molecule has 2 aromatic heterocycles. The fourth-order valence-electron chi connectivity index (χ4n) is 3.06. The molecule has 1 aliphatic rings. The molecule has 1 amide bonds. The second kappa shape index (κ2) is 6.73. The third-order valence-electron chi connectivity index (χ3n) is 4.50. The molecule has 0 radical (unpaired) electrons. The van der Waals surface area contributed by atoms with Crippen molar-refractivity contribution in [3.8, 4) is 5.75 Å². The number of amides is 1. The lowest BCUT2D eigenvalue weighted by atomic mass is 10.1. The third kappa shape index (κ3) is 3.66. The number of para-hydroxylation sites is 2. The van der Waals surface area contributed by atoms with Crippen LogP contribution < -0.4 is 10.1 Å². The van der Waals surface area contributed by atoms with Crippen LogP contribution in [-0.2, 0) is 0 Å². The van der Waals surface area contributed by atoms with Crippen molar-refractivity contribution in [1.82, 2.24) is 9.97 Å². The van der Waals surface area contributed by atoms with Crippen LogP contribution in [0.3, 0.4) is 0 Å². The molecule has 146 valence electrons. The van der Waals surface area contributed by atoms with E-state index in [2.05, 4.69) is 20.0 Å². The van der Waals surface area contributed by atoms with Gasteiger partial charge in [0.05, 0.1) is 16.3 Å². The second-order valence-electron chi connectivity index (χ2n) is 6.68. The van der Waals surface area contributed by atoms with Gasteiger partial charge in [0.2, 0.25) is 0 Å². The minimum absolute atomic E-state index is 0.0526. The van der Waals surface area contributed by atoms with E-state index < -0.39 is 18.0 Å². The number of alkyl halides is 3. The number of halogens is 3. The summed E-state index contributed by atoms with van der Waals surface area (Å²) in [5.41, 5.74) is 1.47. The number of carbonyl (C=O) groups is 1. The van der Waals surface area contributed by atoms with Gasteiger partial charge in [-0.05, 0) is 44.4 Å². The standard InChI is InChI=1S/C19H16F3N3O2S/c1-9-14-10(2)23-16(11-7-8-11)25-18(14)28-15(9)17(26)24-12-5-3-4-6-13(12)27-19(20,21)22/h3-6,11H,7-8H2,1-2H3,(H,24,26). The Balaban J connectivity index is 1.67. The Bertz CT molecular complexity index is 1070. The molecular weight excluding hydrogens is 391 g/mol. The summed E-state index contributed by atoms with van der Waals surface area (Å²) in [5.74, 6) is 0.205. The normalized spacial score (nSPS) is 14.3. The van der Waals surface area contributed by atoms with Gasteiger partial charge in [0.1, 0.15) is 10.7 Å². The number of hydrogen-bond donors (Lipinski definition) is 1. The van der Waals surface area contributed by atoms with Crippen LogP contribution in [0, 0.1) is 13.8 Å². The molecule has 3 aromatic rings. The number of thiophene rings is 1. The van der Waals surface area contributed by atoms with Gasteiger partial charge in [0.15, 0.2) is 5.75 Å². The predicted molar refractivity (Wildman–Crippen MR) is 99.9 cm³/mol. The van der Waals surface area contributed by atoms with Gasteiger partial charge in [0.25, 0.3) is 5.91 Å². The molecule has 1 aromatic carbocycles. The highest BCUT2D eigenvalue weighted by molar-refractivity contribution is 7.20. The molecule has 1 aliphatic carbocycles. The van der Waals surface area contributed by atoms with Crippen LogP contribution in [0.1, 0.15) is 45.5 Å². The number of anilines is 1. The van der Waals surface area contributed by atoms with Crippen LogP contribution in [0.25, 0.3) is 10.2 Å². The summed E-state index contributed by atoms with van der Waals surface area (Å²) in [6, 6.07) is 5.43. The van der Waals surface area contributed by atoms with Crippen molar-refractivity contribution in [2.24, 2.45) is 0 Å². The number of nitrogens with one attached hydrogen (secondary N) is 1. The van der Waals surface area contributed by atoms with Gasteiger partial charge in [-0.15, -0.1) is 24.5 Å². The molecule has 0 saturated heterocycles. The maximum Gasteiger partial charge on any atom is 0.573 e. The Morgan fingerprint density at radius 1 is 1.21 bits per heavy atom. The smallest absolute Gasteiger partial charge is 0.404 e. The highest BCUT2D eigenvalue weighted by Crippen LogP contribution is 2.40. The summed E-state index contributed by atoms with van der Waals surface area (Å²) in [6.45, 7) is 3.67. The van der Waals surface area contributed by atoms with Gasteiger partial charge >= 0.3 is 6.36 Å². The van der Waals surface area contributed by atoms with Crippen molar-refractivity contribution in [1.29, 1.82) is 0 Å². The molecule has 1 fully saturated rings. The fraction of sp³-hybridized carbons (Fsp3) is 0.316. The van der Waals surface area contributed by atoms with Crippen molar-refractivity contribution >= 4 is 33.1 Å². The van der Waals surface area contributed by atoms with Gasteiger partial charge in [0, 0.05) is 11.3 Å². The molecule has 0 atom stereocenters. The first-order valence-corrected chi connectivity index (χ1v) is 9.48. The molecule has 28 heavy (non-hydrogen) atoms. The molecule has 0 aliphatic heterocycles. The molecule has 2 heterocycles.